The summed E-state index contributed by atoms with van der Waals surface area (Å²) in [6.07, 6.45) is 3.71. The average Bonchev–Trinajstić information content (AvgIpc) is 3.22. The molecule has 0 radical (unpaired) electrons. The normalized spacial score (nSPS) is 15.3. The second-order valence-corrected chi connectivity index (χ2v) is 9.55. The summed E-state index contributed by atoms with van der Waals surface area (Å²) in [7, 11) is 3.43. The summed E-state index contributed by atoms with van der Waals surface area (Å²) in [5.74, 6) is 3.38. The molecular formula is C27H32N6O3. The lowest BCUT2D eigenvalue weighted by atomic mass is 9.93. The number of methoxy groups -OCH3 is 2. The number of ether oxygens (including phenoxy) is 2. The lowest BCUT2D eigenvalue weighted by molar-refractivity contribution is -0.0133. The van der Waals surface area contributed by atoms with Gasteiger partial charge < -0.3 is 24.1 Å². The van der Waals surface area contributed by atoms with Gasteiger partial charge in [0.15, 0.2) is 17.5 Å². The molecule has 1 fully saturated rings. The molecule has 0 spiro atoms. The fraction of sp³-hybridized carbons (Fsp3) is 0.407. The van der Waals surface area contributed by atoms with Gasteiger partial charge in [-0.15, -0.1) is 0 Å². The molecule has 5 rings (SSSR count). The lowest BCUT2D eigenvalue weighted by Crippen LogP contribution is -2.44. The van der Waals surface area contributed by atoms with E-state index in [4.69, 9.17) is 23.9 Å². The van der Waals surface area contributed by atoms with E-state index >= 15 is 0 Å². The van der Waals surface area contributed by atoms with Gasteiger partial charge in [-0.05, 0) is 57.9 Å². The molecule has 0 amide bonds. The summed E-state index contributed by atoms with van der Waals surface area (Å²) in [4.78, 5) is 21.0. The van der Waals surface area contributed by atoms with Crippen LogP contribution in [0.25, 0.3) is 22.2 Å². The van der Waals surface area contributed by atoms with Gasteiger partial charge in [0.2, 0.25) is 5.95 Å². The van der Waals surface area contributed by atoms with Gasteiger partial charge in [-0.1, -0.05) is 0 Å². The first kappa shape index (κ1) is 24.0. The van der Waals surface area contributed by atoms with E-state index in [-0.39, 0.29) is 5.60 Å². The van der Waals surface area contributed by atoms with Crippen LogP contribution in [0.1, 0.15) is 37.0 Å². The molecule has 4 aromatic rings. The van der Waals surface area contributed by atoms with Crippen molar-refractivity contribution in [2.45, 2.75) is 46.1 Å². The Labute approximate surface area is 210 Å². The molecular weight excluding hydrogens is 456 g/mol. The summed E-state index contributed by atoms with van der Waals surface area (Å²) in [5.41, 5.74) is 4.16. The minimum Gasteiger partial charge on any atom is -0.495 e. The number of aryl methyl sites for hydroxylation is 3. The van der Waals surface area contributed by atoms with Crippen molar-refractivity contribution in [3.63, 3.8) is 0 Å². The van der Waals surface area contributed by atoms with Gasteiger partial charge in [0.25, 0.3) is 0 Å². The number of anilines is 3. The fourth-order valence-electron chi connectivity index (χ4n) is 4.68. The summed E-state index contributed by atoms with van der Waals surface area (Å²) in [6, 6.07) is 7.84. The first-order chi connectivity index (χ1) is 17.3. The second kappa shape index (κ2) is 9.39. The Morgan fingerprint density at radius 2 is 1.81 bits per heavy atom. The third kappa shape index (κ3) is 4.58. The Morgan fingerprint density at radius 1 is 1.03 bits per heavy atom. The van der Waals surface area contributed by atoms with E-state index in [1.807, 2.05) is 51.2 Å². The third-order valence-electron chi connectivity index (χ3n) is 6.90. The average molecular weight is 489 g/mol. The van der Waals surface area contributed by atoms with E-state index < -0.39 is 0 Å². The van der Waals surface area contributed by atoms with Crippen LogP contribution >= 0.6 is 0 Å². The largest absolute Gasteiger partial charge is 0.495 e. The maximum Gasteiger partial charge on any atom is 0.227 e. The van der Waals surface area contributed by atoms with Crippen molar-refractivity contribution in [3.05, 3.63) is 47.7 Å². The van der Waals surface area contributed by atoms with Crippen molar-refractivity contribution in [2.75, 3.05) is 37.5 Å². The van der Waals surface area contributed by atoms with Crippen molar-refractivity contribution < 1.29 is 13.9 Å². The highest BCUT2D eigenvalue weighted by Gasteiger charge is 2.31. The molecule has 188 valence electrons. The van der Waals surface area contributed by atoms with Gasteiger partial charge in [0, 0.05) is 50.0 Å². The van der Waals surface area contributed by atoms with Crippen LogP contribution < -0.4 is 15.0 Å². The molecule has 1 N–H and O–H groups in total. The van der Waals surface area contributed by atoms with Crippen LogP contribution in [0.2, 0.25) is 0 Å². The van der Waals surface area contributed by atoms with Crippen LogP contribution in [0.15, 0.2) is 34.9 Å². The molecule has 0 aliphatic carbocycles. The van der Waals surface area contributed by atoms with Crippen molar-refractivity contribution >= 4 is 28.4 Å². The maximum atomic E-state index is 5.78. The maximum absolute atomic E-state index is 5.78. The molecule has 4 heterocycles. The predicted molar refractivity (Wildman–Crippen MR) is 140 cm³/mol. The molecule has 0 bridgehead atoms. The first-order valence-electron chi connectivity index (χ1n) is 12.1. The molecule has 1 saturated heterocycles. The molecule has 0 unspecified atom stereocenters. The zero-order valence-electron chi connectivity index (χ0n) is 21.7. The SMILES string of the molecule is COc1cc(-c2oc(C)nc2C)ccc1Nc1ncc2cc(C)nc(N3CCC(C)(OC)CC3)c2n1. The number of benzene rings is 1. The predicted octanol–water partition coefficient (Wildman–Crippen LogP) is 5.36. The summed E-state index contributed by atoms with van der Waals surface area (Å²) in [5, 5.41) is 4.28. The Kier molecular flexibility index (Phi) is 6.26. The van der Waals surface area contributed by atoms with Crippen LogP contribution in [0, 0.1) is 20.8 Å². The molecule has 1 aliphatic rings. The second-order valence-electron chi connectivity index (χ2n) is 9.55. The number of aromatic nitrogens is 4. The highest BCUT2D eigenvalue weighted by Crippen LogP contribution is 2.35. The quantitative estimate of drug-likeness (QED) is 0.384. The number of nitrogens with one attached hydrogen (secondary N) is 1. The number of rotatable bonds is 6. The van der Waals surface area contributed by atoms with Gasteiger partial charge in [0.1, 0.15) is 11.3 Å². The van der Waals surface area contributed by atoms with E-state index in [0.717, 1.165) is 71.1 Å². The number of hydrogen-bond donors (Lipinski definition) is 1. The Balaban J connectivity index is 1.46. The molecule has 36 heavy (non-hydrogen) atoms. The fourth-order valence-corrected chi connectivity index (χ4v) is 4.68. The van der Waals surface area contributed by atoms with Crippen LogP contribution in [-0.4, -0.2) is 52.8 Å². The molecule has 3 aromatic heterocycles. The topological polar surface area (TPSA) is 98.4 Å². The van der Waals surface area contributed by atoms with Crippen molar-refractivity contribution in [2.24, 2.45) is 0 Å². The van der Waals surface area contributed by atoms with Crippen molar-refractivity contribution in [1.29, 1.82) is 0 Å². The van der Waals surface area contributed by atoms with Crippen molar-refractivity contribution in [1.82, 2.24) is 19.9 Å². The zero-order chi connectivity index (χ0) is 25.4. The minimum atomic E-state index is -0.0938. The van der Waals surface area contributed by atoms with Crippen LogP contribution in [0.3, 0.4) is 0 Å². The molecule has 0 saturated carbocycles. The Bertz CT molecular complexity index is 1410. The number of hydrogen-bond acceptors (Lipinski definition) is 9. The van der Waals surface area contributed by atoms with E-state index in [9.17, 15) is 0 Å². The summed E-state index contributed by atoms with van der Waals surface area (Å²) in [6.45, 7) is 9.66. The Morgan fingerprint density at radius 3 is 2.47 bits per heavy atom. The van der Waals surface area contributed by atoms with Gasteiger partial charge in [-0.3, -0.25) is 0 Å². The van der Waals surface area contributed by atoms with Gasteiger partial charge >= 0.3 is 0 Å². The number of piperidine rings is 1. The number of fused-ring (bicyclic) bond motifs is 1. The van der Waals surface area contributed by atoms with Gasteiger partial charge in [-0.25, -0.2) is 19.9 Å². The highest BCUT2D eigenvalue weighted by atomic mass is 16.5. The highest BCUT2D eigenvalue weighted by molar-refractivity contribution is 5.89. The van der Waals surface area contributed by atoms with E-state index in [1.54, 1.807) is 14.2 Å². The van der Waals surface area contributed by atoms with Crippen LogP contribution in [0.5, 0.6) is 5.75 Å². The number of pyridine rings is 1. The molecule has 0 atom stereocenters. The van der Waals surface area contributed by atoms with E-state index in [2.05, 4.69) is 27.1 Å². The van der Waals surface area contributed by atoms with Crippen LogP contribution in [0.4, 0.5) is 17.5 Å². The van der Waals surface area contributed by atoms with Crippen LogP contribution in [-0.2, 0) is 4.74 Å². The first-order valence-corrected chi connectivity index (χ1v) is 12.1. The third-order valence-corrected chi connectivity index (χ3v) is 6.90. The van der Waals surface area contributed by atoms with E-state index in [1.165, 1.54) is 0 Å². The van der Waals surface area contributed by atoms with Crippen molar-refractivity contribution in [3.8, 4) is 17.1 Å². The number of oxazole rings is 1. The Hall–Kier alpha value is -3.72. The summed E-state index contributed by atoms with van der Waals surface area (Å²) < 4.78 is 17.2. The molecule has 9 heteroatoms. The molecule has 1 aromatic carbocycles. The van der Waals surface area contributed by atoms with Gasteiger partial charge in [-0.2, -0.15) is 0 Å². The number of nitrogens with zero attached hydrogens (tertiary/aromatic N) is 5. The molecule has 1 aliphatic heterocycles. The summed E-state index contributed by atoms with van der Waals surface area (Å²) >= 11 is 0. The monoisotopic (exact) mass is 488 g/mol. The van der Waals surface area contributed by atoms with E-state index in [0.29, 0.717) is 17.6 Å². The smallest absolute Gasteiger partial charge is 0.227 e. The lowest BCUT2D eigenvalue weighted by Gasteiger charge is -2.39. The standard InChI is InChI=1S/C27H32N6O3/c1-16-13-20-15-28-26(32-23(20)25(29-16)33-11-9-27(4,35-6)10-12-33)31-21-8-7-19(14-22(21)34-5)24-17(2)30-18(3)36-24/h7-8,13-15H,9-12H2,1-6H3,(H,28,31,32). The molecule has 9 nitrogen and oxygen atoms in total. The zero-order valence-corrected chi connectivity index (χ0v) is 21.7. The minimum absolute atomic E-state index is 0.0938. The van der Waals surface area contributed by atoms with Gasteiger partial charge in [0.05, 0.1) is 24.1 Å².